The third-order valence-corrected chi connectivity index (χ3v) is 2.72. The summed E-state index contributed by atoms with van der Waals surface area (Å²) in [6.07, 6.45) is 0. The Morgan fingerprint density at radius 3 is 2.47 bits per heavy atom. The molecular weight excluding hydrogens is 303 g/mol. The van der Waals surface area contributed by atoms with Crippen LogP contribution in [0.2, 0.25) is 0 Å². The first-order valence-corrected chi connectivity index (χ1v) is 5.25. The Labute approximate surface area is 101 Å². The Hall–Kier alpha value is -1.30. The fourth-order valence-electron chi connectivity index (χ4n) is 1.44. The number of halogens is 1. The molecule has 2 rings (SSSR count). The lowest BCUT2D eigenvalue weighted by Gasteiger charge is -2.03. The zero-order valence-electron chi connectivity index (χ0n) is 7.83. The summed E-state index contributed by atoms with van der Waals surface area (Å²) in [5, 5.41) is 9.47. The molecule has 0 aliphatic heterocycles. The van der Waals surface area contributed by atoms with Crippen molar-refractivity contribution in [3.63, 3.8) is 0 Å². The Balaban J connectivity index is 2.59. The SMILES string of the molecule is N=C(N)c1ccc2cc(OI)ccc2c1. The minimum Gasteiger partial charge on any atom is -0.428 e. The third-order valence-electron chi connectivity index (χ3n) is 2.21. The average molecular weight is 312 g/mol. The zero-order valence-corrected chi connectivity index (χ0v) is 9.99. The number of rotatable bonds is 2. The van der Waals surface area contributed by atoms with Crippen LogP contribution in [0.15, 0.2) is 36.4 Å². The monoisotopic (exact) mass is 312 g/mol. The lowest BCUT2D eigenvalue weighted by atomic mass is 10.1. The van der Waals surface area contributed by atoms with Gasteiger partial charge in [0.05, 0.1) is 0 Å². The largest absolute Gasteiger partial charge is 0.428 e. The van der Waals surface area contributed by atoms with Crippen LogP contribution in [0.5, 0.6) is 5.75 Å². The molecule has 4 heteroatoms. The van der Waals surface area contributed by atoms with Crippen molar-refractivity contribution in [2.45, 2.75) is 0 Å². The van der Waals surface area contributed by atoms with E-state index in [1.54, 1.807) is 0 Å². The van der Waals surface area contributed by atoms with Gasteiger partial charge in [0.15, 0.2) is 23.0 Å². The second kappa shape index (κ2) is 4.06. The van der Waals surface area contributed by atoms with Gasteiger partial charge >= 0.3 is 0 Å². The summed E-state index contributed by atoms with van der Waals surface area (Å²) in [4.78, 5) is 0. The second-order valence-electron chi connectivity index (χ2n) is 3.21. The lowest BCUT2D eigenvalue weighted by molar-refractivity contribution is 0.718. The van der Waals surface area contributed by atoms with E-state index in [0.29, 0.717) is 0 Å². The summed E-state index contributed by atoms with van der Waals surface area (Å²) >= 11 is 1.85. The maximum Gasteiger partial charge on any atom is 0.192 e. The predicted molar refractivity (Wildman–Crippen MR) is 69.6 cm³/mol. The minimum absolute atomic E-state index is 0.0890. The molecule has 3 N–H and O–H groups in total. The van der Waals surface area contributed by atoms with E-state index in [4.69, 9.17) is 14.2 Å². The first kappa shape index (κ1) is 10.2. The van der Waals surface area contributed by atoms with E-state index < -0.39 is 0 Å². The second-order valence-corrected chi connectivity index (χ2v) is 3.65. The standard InChI is InChI=1S/C11H9IN2O/c12-15-10-4-3-7-5-9(11(13)14)2-1-8(7)6-10/h1-6H,(H3,13,14). The zero-order chi connectivity index (χ0) is 10.8. The number of nitrogens with two attached hydrogens (primary N) is 1. The van der Waals surface area contributed by atoms with Gasteiger partial charge in [-0.2, -0.15) is 0 Å². The minimum atomic E-state index is 0.0890. The van der Waals surface area contributed by atoms with Crippen molar-refractivity contribution in [2.75, 3.05) is 0 Å². The predicted octanol–water partition coefficient (Wildman–Crippen LogP) is 2.85. The highest BCUT2D eigenvalue weighted by Crippen LogP contribution is 2.22. The molecule has 0 saturated heterocycles. The van der Waals surface area contributed by atoms with Gasteiger partial charge < -0.3 is 8.80 Å². The number of hydrogen-bond donors (Lipinski definition) is 2. The Morgan fingerprint density at radius 1 is 1.13 bits per heavy atom. The van der Waals surface area contributed by atoms with Crippen LogP contribution in [-0.2, 0) is 0 Å². The van der Waals surface area contributed by atoms with Crippen LogP contribution in [0, 0.1) is 5.41 Å². The molecule has 0 unspecified atom stereocenters. The van der Waals surface area contributed by atoms with Gasteiger partial charge in [-0.3, -0.25) is 5.41 Å². The van der Waals surface area contributed by atoms with E-state index in [0.717, 1.165) is 22.1 Å². The summed E-state index contributed by atoms with van der Waals surface area (Å²) in [5.74, 6) is 0.907. The first-order chi connectivity index (χ1) is 7.20. The first-order valence-electron chi connectivity index (χ1n) is 4.37. The quantitative estimate of drug-likeness (QED) is 0.509. The highest BCUT2D eigenvalue weighted by Gasteiger charge is 2.00. The summed E-state index contributed by atoms with van der Waals surface area (Å²) in [6, 6.07) is 11.5. The molecule has 0 heterocycles. The Morgan fingerprint density at radius 2 is 1.80 bits per heavy atom. The molecule has 0 radical (unpaired) electrons. The molecule has 0 aliphatic carbocycles. The summed E-state index contributed by atoms with van der Waals surface area (Å²) < 4.78 is 5.10. The maximum absolute atomic E-state index is 7.34. The van der Waals surface area contributed by atoms with Gasteiger partial charge in [0.1, 0.15) is 11.6 Å². The number of hydrogen-bond acceptors (Lipinski definition) is 2. The number of fused-ring (bicyclic) bond motifs is 1. The van der Waals surface area contributed by atoms with Gasteiger partial charge in [0.25, 0.3) is 0 Å². The highest BCUT2D eigenvalue weighted by atomic mass is 127. The smallest absolute Gasteiger partial charge is 0.192 e. The Bertz CT molecular complexity index is 525. The molecule has 2 aromatic carbocycles. The van der Waals surface area contributed by atoms with Crippen LogP contribution < -0.4 is 8.80 Å². The van der Waals surface area contributed by atoms with Crippen molar-refractivity contribution in [1.29, 1.82) is 5.41 Å². The van der Waals surface area contributed by atoms with Gasteiger partial charge in [-0.15, -0.1) is 0 Å². The van der Waals surface area contributed by atoms with Crippen LogP contribution in [-0.4, -0.2) is 5.84 Å². The van der Waals surface area contributed by atoms with Crippen LogP contribution in [0.25, 0.3) is 10.8 Å². The number of nitrogen functional groups attached to an aromatic ring is 1. The van der Waals surface area contributed by atoms with Gasteiger partial charge in [0, 0.05) is 5.56 Å². The average Bonchev–Trinajstić information content (AvgIpc) is 2.27. The molecule has 0 aliphatic rings. The number of amidine groups is 1. The molecule has 0 bridgehead atoms. The molecule has 76 valence electrons. The lowest BCUT2D eigenvalue weighted by Crippen LogP contribution is -2.10. The van der Waals surface area contributed by atoms with Crippen LogP contribution in [0.4, 0.5) is 0 Å². The molecular formula is C11H9IN2O. The molecule has 0 atom stereocenters. The molecule has 2 aromatic rings. The fraction of sp³-hybridized carbons (Fsp3) is 0. The summed E-state index contributed by atoms with van der Waals surface area (Å²) in [7, 11) is 0. The third kappa shape index (κ3) is 2.04. The van der Waals surface area contributed by atoms with E-state index >= 15 is 0 Å². The van der Waals surface area contributed by atoms with Gasteiger partial charge in [0.2, 0.25) is 0 Å². The van der Waals surface area contributed by atoms with Crippen molar-refractivity contribution in [1.82, 2.24) is 0 Å². The van der Waals surface area contributed by atoms with E-state index in [1.807, 2.05) is 59.4 Å². The van der Waals surface area contributed by atoms with E-state index in [1.165, 1.54) is 0 Å². The summed E-state index contributed by atoms with van der Waals surface area (Å²) in [5.41, 5.74) is 6.16. The molecule has 3 nitrogen and oxygen atoms in total. The molecule has 15 heavy (non-hydrogen) atoms. The number of nitrogens with one attached hydrogen (secondary N) is 1. The topological polar surface area (TPSA) is 59.1 Å². The van der Waals surface area contributed by atoms with Crippen molar-refractivity contribution in [3.05, 3.63) is 42.0 Å². The van der Waals surface area contributed by atoms with Crippen molar-refractivity contribution < 1.29 is 3.07 Å². The highest BCUT2D eigenvalue weighted by molar-refractivity contribution is 14.1. The van der Waals surface area contributed by atoms with E-state index in [9.17, 15) is 0 Å². The number of benzene rings is 2. The van der Waals surface area contributed by atoms with Gasteiger partial charge in [-0.05, 0) is 29.0 Å². The molecule has 0 aromatic heterocycles. The van der Waals surface area contributed by atoms with Crippen LogP contribution in [0.1, 0.15) is 5.56 Å². The van der Waals surface area contributed by atoms with Crippen LogP contribution >= 0.6 is 23.0 Å². The Kier molecular flexibility index (Phi) is 2.77. The molecule has 0 fully saturated rings. The maximum atomic E-state index is 7.34. The van der Waals surface area contributed by atoms with Gasteiger partial charge in [-0.1, -0.05) is 18.2 Å². The normalized spacial score (nSPS) is 10.2. The van der Waals surface area contributed by atoms with E-state index in [2.05, 4.69) is 0 Å². The van der Waals surface area contributed by atoms with Crippen molar-refractivity contribution >= 4 is 39.6 Å². The fourth-order valence-corrected chi connectivity index (χ4v) is 1.71. The molecule has 0 amide bonds. The van der Waals surface area contributed by atoms with Gasteiger partial charge in [-0.25, -0.2) is 0 Å². The molecule has 0 saturated carbocycles. The van der Waals surface area contributed by atoms with Crippen molar-refractivity contribution in [2.24, 2.45) is 5.73 Å². The van der Waals surface area contributed by atoms with Crippen LogP contribution in [0.3, 0.4) is 0 Å². The summed E-state index contributed by atoms with van der Waals surface area (Å²) in [6.45, 7) is 0. The van der Waals surface area contributed by atoms with E-state index in [-0.39, 0.29) is 5.84 Å². The molecule has 0 spiro atoms. The van der Waals surface area contributed by atoms with Crippen molar-refractivity contribution in [3.8, 4) is 5.75 Å².